The van der Waals surface area contributed by atoms with Crippen LogP contribution in [0.4, 0.5) is 0 Å². The second kappa shape index (κ2) is 7.03. The van der Waals surface area contributed by atoms with Crippen molar-refractivity contribution >= 4 is 14.9 Å². The minimum atomic E-state index is -3.07. The molecule has 0 aliphatic heterocycles. The van der Waals surface area contributed by atoms with Gasteiger partial charge in [-0.2, -0.15) is 0 Å². The Morgan fingerprint density at radius 1 is 1.11 bits per heavy atom. The van der Waals surface area contributed by atoms with E-state index in [1.807, 2.05) is 0 Å². The van der Waals surface area contributed by atoms with E-state index in [-0.39, 0.29) is 11.8 Å². The van der Waals surface area contributed by atoms with Gasteiger partial charge < -0.3 is 18.3 Å². The van der Waals surface area contributed by atoms with Crippen LogP contribution in [0.15, 0.2) is 12.2 Å². The molecule has 18 heavy (non-hydrogen) atoms. The maximum absolute atomic E-state index is 12.1. The van der Waals surface area contributed by atoms with Crippen molar-refractivity contribution in [1.29, 1.82) is 0 Å². The van der Waals surface area contributed by atoms with Crippen LogP contribution in [0.3, 0.4) is 0 Å². The van der Waals surface area contributed by atoms with Crippen LogP contribution in [-0.4, -0.2) is 36.2 Å². The second-order valence-electron chi connectivity index (χ2n) is 4.48. The van der Waals surface area contributed by atoms with E-state index in [0.29, 0.717) is 5.57 Å². The molecule has 0 aromatic rings. The average molecular weight is 273 g/mol. The van der Waals surface area contributed by atoms with E-state index < -0.39 is 8.97 Å². The van der Waals surface area contributed by atoms with Crippen molar-refractivity contribution in [2.75, 3.05) is 21.3 Å². The van der Waals surface area contributed by atoms with Gasteiger partial charge in [-0.05, 0) is 18.8 Å². The number of hydrogen-bond acceptors (Lipinski definition) is 4. The maximum Gasteiger partial charge on any atom is 0.632 e. The SMILES string of the molecule is C=C(C(=O)N[Si](OC)(OC)OC)C1CCCCC1. The Bertz CT molecular complexity index is 290. The quantitative estimate of drug-likeness (QED) is 0.590. The van der Waals surface area contributed by atoms with E-state index in [0.717, 1.165) is 12.8 Å². The smallest absolute Gasteiger partial charge is 0.360 e. The molecule has 104 valence electrons. The number of rotatable bonds is 6. The fraction of sp³-hybridized carbons (Fsp3) is 0.750. The van der Waals surface area contributed by atoms with Crippen LogP contribution in [0.2, 0.25) is 0 Å². The predicted molar refractivity (Wildman–Crippen MR) is 70.6 cm³/mol. The molecule has 0 unspecified atom stereocenters. The van der Waals surface area contributed by atoms with Crippen molar-refractivity contribution < 1.29 is 18.1 Å². The number of carbonyl (C=O) groups excluding carboxylic acids is 1. The van der Waals surface area contributed by atoms with Gasteiger partial charge >= 0.3 is 8.97 Å². The van der Waals surface area contributed by atoms with E-state index >= 15 is 0 Å². The highest BCUT2D eigenvalue weighted by Crippen LogP contribution is 2.29. The lowest BCUT2D eigenvalue weighted by Crippen LogP contribution is -2.59. The second-order valence-corrected chi connectivity index (χ2v) is 7.07. The van der Waals surface area contributed by atoms with Crippen LogP contribution < -0.4 is 4.98 Å². The number of hydrogen-bond donors (Lipinski definition) is 1. The Balaban J connectivity index is 2.60. The minimum Gasteiger partial charge on any atom is -0.360 e. The van der Waals surface area contributed by atoms with Crippen molar-refractivity contribution in [3.63, 3.8) is 0 Å². The molecule has 1 aliphatic rings. The summed E-state index contributed by atoms with van der Waals surface area (Å²) in [6.45, 7) is 3.91. The highest BCUT2D eigenvalue weighted by atomic mass is 28.4. The lowest BCUT2D eigenvalue weighted by molar-refractivity contribution is -0.118. The van der Waals surface area contributed by atoms with Crippen LogP contribution in [0, 0.1) is 5.92 Å². The molecule has 6 heteroatoms. The molecule has 0 heterocycles. The molecule has 0 spiro atoms. The zero-order valence-corrected chi connectivity index (χ0v) is 12.5. The van der Waals surface area contributed by atoms with Crippen LogP contribution in [0.1, 0.15) is 32.1 Å². The summed E-state index contributed by atoms with van der Waals surface area (Å²) in [5.74, 6) is 0.0511. The molecular weight excluding hydrogens is 250 g/mol. The van der Waals surface area contributed by atoms with Gasteiger partial charge in [0.1, 0.15) is 0 Å². The lowest BCUT2D eigenvalue weighted by Gasteiger charge is -2.27. The monoisotopic (exact) mass is 273 g/mol. The molecule has 1 fully saturated rings. The molecule has 0 bridgehead atoms. The first-order chi connectivity index (χ1) is 8.58. The van der Waals surface area contributed by atoms with E-state index in [9.17, 15) is 4.79 Å². The zero-order chi connectivity index (χ0) is 13.6. The molecule has 5 nitrogen and oxygen atoms in total. The Hall–Kier alpha value is -0.693. The molecule has 0 saturated heterocycles. The summed E-state index contributed by atoms with van der Waals surface area (Å²) in [5, 5.41) is 0. The maximum atomic E-state index is 12.1. The predicted octanol–water partition coefficient (Wildman–Crippen LogP) is 1.61. The Morgan fingerprint density at radius 2 is 1.61 bits per heavy atom. The summed E-state index contributed by atoms with van der Waals surface area (Å²) >= 11 is 0. The average Bonchev–Trinajstić information content (AvgIpc) is 2.45. The summed E-state index contributed by atoms with van der Waals surface area (Å²) in [5.41, 5.74) is 0.609. The molecule has 0 aromatic carbocycles. The standard InChI is InChI=1S/C12H23NO4Si/c1-10(11-8-6-5-7-9-11)12(14)13-18(15-2,16-3)17-4/h11H,1,5-9H2,2-4H3,(H,13,14). The van der Waals surface area contributed by atoms with Gasteiger partial charge in [0.2, 0.25) is 5.91 Å². The van der Waals surface area contributed by atoms with Gasteiger partial charge in [-0.15, -0.1) is 0 Å². The Morgan fingerprint density at radius 3 is 2.06 bits per heavy atom. The molecule has 0 aromatic heterocycles. The first kappa shape index (κ1) is 15.4. The largest absolute Gasteiger partial charge is 0.632 e. The molecule has 1 amide bonds. The van der Waals surface area contributed by atoms with E-state index in [4.69, 9.17) is 13.3 Å². The van der Waals surface area contributed by atoms with E-state index in [1.165, 1.54) is 40.6 Å². The lowest BCUT2D eigenvalue weighted by atomic mass is 9.84. The third kappa shape index (κ3) is 3.65. The molecular formula is C12H23NO4Si. The first-order valence-electron chi connectivity index (χ1n) is 6.25. The highest BCUT2D eigenvalue weighted by Gasteiger charge is 2.42. The minimum absolute atomic E-state index is 0.223. The molecule has 0 atom stereocenters. The number of nitrogens with one attached hydrogen (secondary N) is 1. The van der Waals surface area contributed by atoms with Crippen molar-refractivity contribution in [2.24, 2.45) is 5.92 Å². The van der Waals surface area contributed by atoms with Crippen molar-refractivity contribution in [2.45, 2.75) is 32.1 Å². The van der Waals surface area contributed by atoms with E-state index in [1.54, 1.807) is 0 Å². The van der Waals surface area contributed by atoms with Gasteiger partial charge in [-0.3, -0.25) is 4.79 Å². The zero-order valence-electron chi connectivity index (χ0n) is 11.5. The number of carbonyl (C=O) groups is 1. The number of amides is 1. The fourth-order valence-corrected chi connectivity index (χ4v) is 3.50. The normalized spacial score (nSPS) is 17.5. The van der Waals surface area contributed by atoms with Gasteiger partial charge in [0, 0.05) is 26.9 Å². The Kier molecular flexibility index (Phi) is 6.00. The molecule has 1 aliphatic carbocycles. The molecule has 1 saturated carbocycles. The topological polar surface area (TPSA) is 56.8 Å². The van der Waals surface area contributed by atoms with Crippen LogP contribution in [-0.2, 0) is 18.1 Å². The van der Waals surface area contributed by atoms with Crippen molar-refractivity contribution in [1.82, 2.24) is 4.98 Å². The van der Waals surface area contributed by atoms with Gasteiger partial charge in [0.25, 0.3) is 0 Å². The summed E-state index contributed by atoms with van der Waals surface area (Å²) in [6, 6.07) is 0. The summed E-state index contributed by atoms with van der Waals surface area (Å²) < 4.78 is 15.5. The summed E-state index contributed by atoms with van der Waals surface area (Å²) in [7, 11) is 1.32. The van der Waals surface area contributed by atoms with Crippen LogP contribution in [0.5, 0.6) is 0 Å². The van der Waals surface area contributed by atoms with E-state index in [2.05, 4.69) is 11.6 Å². The van der Waals surface area contributed by atoms with Crippen LogP contribution >= 0.6 is 0 Å². The summed E-state index contributed by atoms with van der Waals surface area (Å²) in [4.78, 5) is 14.8. The third-order valence-electron chi connectivity index (χ3n) is 3.46. The first-order valence-corrected chi connectivity index (χ1v) is 7.97. The molecule has 0 radical (unpaired) electrons. The van der Waals surface area contributed by atoms with Crippen molar-refractivity contribution in [3.8, 4) is 0 Å². The molecule has 1 rings (SSSR count). The van der Waals surface area contributed by atoms with Crippen molar-refractivity contribution in [3.05, 3.63) is 12.2 Å². The van der Waals surface area contributed by atoms with Gasteiger partial charge in [0.05, 0.1) is 0 Å². The van der Waals surface area contributed by atoms with Gasteiger partial charge in [-0.1, -0.05) is 25.8 Å². The van der Waals surface area contributed by atoms with Gasteiger partial charge in [0.15, 0.2) is 0 Å². The van der Waals surface area contributed by atoms with Crippen LogP contribution in [0.25, 0.3) is 0 Å². The van der Waals surface area contributed by atoms with Gasteiger partial charge in [-0.25, -0.2) is 0 Å². The third-order valence-corrected chi connectivity index (χ3v) is 5.61. The highest BCUT2D eigenvalue weighted by molar-refractivity contribution is 6.61. The molecule has 1 N–H and O–H groups in total. The fourth-order valence-electron chi connectivity index (χ4n) is 2.26. The summed E-state index contributed by atoms with van der Waals surface area (Å²) in [6.07, 6.45) is 5.65. The Labute approximate surface area is 110 Å².